The molecule has 0 bridgehead atoms. The second kappa shape index (κ2) is 5.28. The number of nitrogens with zero attached hydrogens (tertiary/aromatic N) is 1. The summed E-state index contributed by atoms with van der Waals surface area (Å²) in [5.41, 5.74) is 2.55. The molecule has 0 amide bonds. The fourth-order valence-corrected chi connectivity index (χ4v) is 1.94. The van der Waals surface area contributed by atoms with E-state index in [2.05, 4.69) is 0 Å². The summed E-state index contributed by atoms with van der Waals surface area (Å²) in [7, 11) is 0. The maximum absolute atomic E-state index is 12.9. The molecule has 2 rings (SSSR count). The highest BCUT2D eigenvalue weighted by atomic mass is 35.5. The Morgan fingerprint density at radius 1 is 1.29 bits per heavy atom. The predicted octanol–water partition coefficient (Wildman–Crippen LogP) is 1.84. The zero-order valence-corrected chi connectivity index (χ0v) is 11.1. The minimum Gasteiger partial charge on any atom is -0.399 e. The van der Waals surface area contributed by atoms with Crippen molar-refractivity contribution in [3.63, 3.8) is 0 Å². The van der Waals surface area contributed by atoms with Crippen LogP contribution in [0.15, 0.2) is 34.0 Å². The first-order chi connectivity index (χ1) is 9.68. The van der Waals surface area contributed by atoms with E-state index in [0.29, 0.717) is 0 Å². The van der Waals surface area contributed by atoms with Crippen molar-refractivity contribution in [2.75, 3.05) is 5.73 Å². The zero-order chi connectivity index (χ0) is 15.8. The highest BCUT2D eigenvalue weighted by molar-refractivity contribution is 6.30. The van der Waals surface area contributed by atoms with Crippen LogP contribution in [-0.4, -0.2) is 9.55 Å². The second-order valence-corrected chi connectivity index (χ2v) is 4.69. The van der Waals surface area contributed by atoms with E-state index in [4.69, 9.17) is 17.3 Å². The third-order valence-corrected chi connectivity index (χ3v) is 3.02. The van der Waals surface area contributed by atoms with Gasteiger partial charge in [0.1, 0.15) is 5.02 Å². The molecule has 112 valence electrons. The number of anilines is 1. The third kappa shape index (κ3) is 3.27. The predicted molar refractivity (Wildman–Crippen MR) is 71.3 cm³/mol. The van der Waals surface area contributed by atoms with Gasteiger partial charge in [0.2, 0.25) is 0 Å². The van der Waals surface area contributed by atoms with Crippen LogP contribution in [0.3, 0.4) is 0 Å². The Hall–Kier alpha value is -2.22. The molecule has 0 aliphatic rings. The van der Waals surface area contributed by atoms with E-state index in [1.54, 1.807) is 0 Å². The number of alkyl halides is 3. The molecule has 21 heavy (non-hydrogen) atoms. The second-order valence-electron chi connectivity index (χ2n) is 4.28. The molecule has 0 spiro atoms. The molecule has 0 aliphatic carbocycles. The van der Waals surface area contributed by atoms with Gasteiger partial charge in [-0.25, -0.2) is 4.79 Å². The van der Waals surface area contributed by atoms with Crippen LogP contribution in [0.4, 0.5) is 18.9 Å². The molecule has 0 saturated carbocycles. The van der Waals surface area contributed by atoms with Crippen LogP contribution in [-0.2, 0) is 12.7 Å². The Balaban J connectivity index is 2.53. The molecule has 1 aromatic carbocycles. The standard InChI is InChI=1S/C12H9ClF3N3O2/c13-9-5-19(11(21)18-10(9)20)4-6-1-2-7(17)3-8(6)12(14,15)16/h1-3,5H,4,17H2,(H,18,20,21). The molecule has 0 unspecified atom stereocenters. The first-order valence-electron chi connectivity index (χ1n) is 5.63. The highest BCUT2D eigenvalue weighted by Gasteiger charge is 2.33. The lowest BCUT2D eigenvalue weighted by molar-refractivity contribution is -0.138. The number of halogens is 4. The first kappa shape index (κ1) is 15.2. The van der Waals surface area contributed by atoms with Crippen LogP contribution >= 0.6 is 11.6 Å². The van der Waals surface area contributed by atoms with Gasteiger partial charge in [0.05, 0.1) is 12.1 Å². The number of rotatable bonds is 2. The Kier molecular flexibility index (Phi) is 3.82. The van der Waals surface area contributed by atoms with Gasteiger partial charge in [-0.2, -0.15) is 13.2 Å². The molecule has 1 heterocycles. The average Bonchev–Trinajstić information content (AvgIpc) is 2.36. The summed E-state index contributed by atoms with van der Waals surface area (Å²) in [6.45, 7) is -0.398. The molecule has 3 N–H and O–H groups in total. The maximum atomic E-state index is 12.9. The van der Waals surface area contributed by atoms with Crippen molar-refractivity contribution in [2.45, 2.75) is 12.7 Å². The average molecular weight is 320 g/mol. The molecule has 0 radical (unpaired) electrons. The summed E-state index contributed by atoms with van der Waals surface area (Å²) in [5, 5.41) is -0.293. The van der Waals surface area contributed by atoms with Crippen LogP contribution < -0.4 is 17.0 Å². The van der Waals surface area contributed by atoms with Crippen molar-refractivity contribution >= 4 is 17.3 Å². The fourth-order valence-electron chi connectivity index (χ4n) is 1.78. The SMILES string of the molecule is Nc1ccc(Cn2cc(Cl)c(=O)[nH]c2=O)c(C(F)(F)F)c1. The number of benzene rings is 1. The quantitative estimate of drug-likeness (QED) is 0.829. The largest absolute Gasteiger partial charge is 0.416 e. The van der Waals surface area contributed by atoms with Gasteiger partial charge in [-0.3, -0.25) is 14.3 Å². The van der Waals surface area contributed by atoms with Crippen LogP contribution in [0.1, 0.15) is 11.1 Å². The number of aromatic amines is 1. The number of nitrogen functional groups attached to an aromatic ring is 1. The monoisotopic (exact) mass is 319 g/mol. The van der Waals surface area contributed by atoms with E-state index < -0.39 is 29.5 Å². The topological polar surface area (TPSA) is 80.9 Å². The number of H-pyrrole nitrogens is 1. The Bertz CT molecular complexity index is 796. The number of nitrogens with two attached hydrogens (primary N) is 1. The van der Waals surface area contributed by atoms with E-state index in [9.17, 15) is 22.8 Å². The molecule has 1 aromatic heterocycles. The Labute approximate surface area is 120 Å². The summed E-state index contributed by atoms with van der Waals surface area (Å²) in [5.74, 6) is 0. The van der Waals surface area contributed by atoms with Gasteiger partial charge < -0.3 is 5.73 Å². The van der Waals surface area contributed by atoms with Crippen LogP contribution in [0, 0.1) is 0 Å². The van der Waals surface area contributed by atoms with E-state index in [1.165, 1.54) is 12.1 Å². The Morgan fingerprint density at radius 3 is 2.57 bits per heavy atom. The molecule has 0 aliphatic heterocycles. The molecule has 0 fully saturated rings. The molecular weight excluding hydrogens is 311 g/mol. The van der Waals surface area contributed by atoms with Crippen LogP contribution in [0.2, 0.25) is 5.02 Å². The highest BCUT2D eigenvalue weighted by Crippen LogP contribution is 2.33. The molecule has 9 heteroatoms. The van der Waals surface area contributed by atoms with E-state index in [0.717, 1.165) is 16.8 Å². The minimum absolute atomic E-state index is 0.0436. The van der Waals surface area contributed by atoms with Gasteiger partial charge >= 0.3 is 11.9 Å². The maximum Gasteiger partial charge on any atom is 0.416 e. The van der Waals surface area contributed by atoms with Gasteiger partial charge in [-0.05, 0) is 17.7 Å². The summed E-state index contributed by atoms with van der Waals surface area (Å²) in [4.78, 5) is 24.6. The van der Waals surface area contributed by atoms with Gasteiger partial charge in [0, 0.05) is 11.9 Å². The smallest absolute Gasteiger partial charge is 0.399 e. The number of hydrogen-bond donors (Lipinski definition) is 2. The van der Waals surface area contributed by atoms with Crippen molar-refractivity contribution in [2.24, 2.45) is 0 Å². The number of nitrogens with one attached hydrogen (secondary N) is 1. The number of aromatic nitrogens is 2. The van der Waals surface area contributed by atoms with Gasteiger partial charge in [0.15, 0.2) is 0 Å². The molecular formula is C12H9ClF3N3O2. The van der Waals surface area contributed by atoms with Crippen LogP contribution in [0.25, 0.3) is 0 Å². The normalized spacial score (nSPS) is 11.6. The van der Waals surface area contributed by atoms with Gasteiger partial charge in [0.25, 0.3) is 5.56 Å². The van der Waals surface area contributed by atoms with Crippen molar-refractivity contribution in [1.82, 2.24) is 9.55 Å². The summed E-state index contributed by atoms with van der Waals surface area (Å²) in [6, 6.07) is 3.25. The van der Waals surface area contributed by atoms with E-state index in [1.807, 2.05) is 4.98 Å². The Morgan fingerprint density at radius 2 is 1.95 bits per heavy atom. The number of hydrogen-bond acceptors (Lipinski definition) is 3. The molecule has 2 aromatic rings. The van der Waals surface area contributed by atoms with Crippen molar-refractivity contribution in [3.05, 3.63) is 61.4 Å². The third-order valence-electron chi connectivity index (χ3n) is 2.75. The van der Waals surface area contributed by atoms with Crippen molar-refractivity contribution in [1.29, 1.82) is 0 Å². The lowest BCUT2D eigenvalue weighted by atomic mass is 10.1. The van der Waals surface area contributed by atoms with Crippen LogP contribution in [0.5, 0.6) is 0 Å². The fraction of sp³-hybridized carbons (Fsp3) is 0.167. The molecule has 0 saturated heterocycles. The summed E-state index contributed by atoms with van der Waals surface area (Å²) >= 11 is 5.56. The van der Waals surface area contributed by atoms with Crippen molar-refractivity contribution in [3.8, 4) is 0 Å². The van der Waals surface area contributed by atoms with Gasteiger partial charge in [-0.1, -0.05) is 17.7 Å². The zero-order valence-electron chi connectivity index (χ0n) is 10.4. The van der Waals surface area contributed by atoms with Gasteiger partial charge in [-0.15, -0.1) is 0 Å². The lowest BCUT2D eigenvalue weighted by Crippen LogP contribution is -2.30. The lowest BCUT2D eigenvalue weighted by Gasteiger charge is -2.14. The van der Waals surface area contributed by atoms with E-state index >= 15 is 0 Å². The molecule has 5 nitrogen and oxygen atoms in total. The first-order valence-corrected chi connectivity index (χ1v) is 6.01. The summed E-state index contributed by atoms with van der Waals surface area (Å²) in [6.07, 6.45) is -3.63. The minimum atomic E-state index is -4.61. The van der Waals surface area contributed by atoms with Crippen molar-refractivity contribution < 1.29 is 13.2 Å². The summed E-state index contributed by atoms with van der Waals surface area (Å²) < 4.78 is 39.7. The molecule has 0 atom stereocenters. The van der Waals surface area contributed by atoms with E-state index in [-0.39, 0.29) is 16.3 Å².